The number of hydrogen-bond donors (Lipinski definition) is 1. The number of rotatable bonds is 5. The summed E-state index contributed by atoms with van der Waals surface area (Å²) >= 11 is 7.85. The molecule has 0 saturated heterocycles. The van der Waals surface area contributed by atoms with Gasteiger partial charge in [0.25, 0.3) is 0 Å². The number of aryl methyl sites for hydroxylation is 1. The van der Waals surface area contributed by atoms with Crippen LogP contribution < -0.4 is 5.32 Å². The molecule has 0 spiro atoms. The normalized spacial score (nSPS) is 11.1. The first-order chi connectivity index (χ1) is 12.3. The summed E-state index contributed by atoms with van der Waals surface area (Å²) in [7, 11) is 0. The van der Waals surface area contributed by atoms with Crippen LogP contribution in [0.2, 0.25) is 5.02 Å². The van der Waals surface area contributed by atoms with Crippen molar-refractivity contribution in [3.63, 3.8) is 0 Å². The van der Waals surface area contributed by atoms with Crippen molar-refractivity contribution in [1.82, 2.24) is 15.1 Å². The molecule has 4 aromatic rings. The van der Waals surface area contributed by atoms with Crippen LogP contribution >= 0.6 is 22.9 Å². The molecule has 5 nitrogen and oxygen atoms in total. The Kier molecular flexibility index (Phi) is 4.38. The van der Waals surface area contributed by atoms with E-state index in [1.165, 1.54) is 5.56 Å². The fourth-order valence-electron chi connectivity index (χ4n) is 2.69. The van der Waals surface area contributed by atoms with Gasteiger partial charge in [0.2, 0.25) is 0 Å². The Hall–Kier alpha value is -2.44. The van der Waals surface area contributed by atoms with Gasteiger partial charge in [-0.1, -0.05) is 41.9 Å². The van der Waals surface area contributed by atoms with E-state index in [9.17, 15) is 0 Å². The van der Waals surface area contributed by atoms with E-state index >= 15 is 0 Å². The molecule has 0 amide bonds. The Balaban J connectivity index is 1.57. The van der Waals surface area contributed by atoms with Crippen molar-refractivity contribution in [3.05, 3.63) is 58.4 Å². The zero-order valence-corrected chi connectivity index (χ0v) is 15.1. The maximum absolute atomic E-state index is 6.21. The molecule has 7 heteroatoms. The Bertz CT molecular complexity index is 1030. The quantitative estimate of drug-likeness (QED) is 0.524. The van der Waals surface area contributed by atoms with Gasteiger partial charge in [-0.05, 0) is 23.4 Å². The summed E-state index contributed by atoms with van der Waals surface area (Å²) in [5, 5.41) is 11.3. The van der Waals surface area contributed by atoms with Crippen LogP contribution in [0.4, 0.5) is 5.82 Å². The monoisotopic (exact) mass is 370 g/mol. The second kappa shape index (κ2) is 6.82. The highest BCUT2D eigenvalue weighted by atomic mass is 35.5. The van der Waals surface area contributed by atoms with Gasteiger partial charge < -0.3 is 9.84 Å². The molecule has 0 aliphatic heterocycles. The maximum Gasteiger partial charge on any atom is 0.156 e. The molecule has 4 rings (SSSR count). The van der Waals surface area contributed by atoms with Crippen LogP contribution in [0.25, 0.3) is 21.5 Å². The fourth-order valence-corrected chi connectivity index (χ4v) is 3.92. The third-order valence-electron chi connectivity index (χ3n) is 3.97. The number of anilines is 1. The largest absolute Gasteiger partial charge is 0.362 e. The van der Waals surface area contributed by atoms with Gasteiger partial charge in [-0.2, -0.15) is 0 Å². The van der Waals surface area contributed by atoms with E-state index in [0.717, 1.165) is 39.5 Å². The van der Waals surface area contributed by atoms with E-state index in [0.29, 0.717) is 11.6 Å². The molecule has 25 heavy (non-hydrogen) atoms. The van der Waals surface area contributed by atoms with Crippen molar-refractivity contribution < 1.29 is 4.52 Å². The highest BCUT2D eigenvalue weighted by Crippen LogP contribution is 2.30. The Morgan fingerprint density at radius 1 is 1.24 bits per heavy atom. The predicted octanol–water partition coefficient (Wildman–Crippen LogP) is 5.17. The summed E-state index contributed by atoms with van der Waals surface area (Å²) in [5.74, 6) is 1.54. The van der Waals surface area contributed by atoms with Crippen molar-refractivity contribution in [2.24, 2.45) is 0 Å². The molecular weight excluding hydrogens is 356 g/mol. The number of benzene rings is 1. The second-order valence-electron chi connectivity index (χ2n) is 5.53. The molecule has 1 N–H and O–H groups in total. The summed E-state index contributed by atoms with van der Waals surface area (Å²) in [5.41, 5.74) is 2.83. The van der Waals surface area contributed by atoms with Gasteiger partial charge in [-0.25, -0.2) is 9.97 Å². The first-order valence-electron chi connectivity index (χ1n) is 7.91. The average molecular weight is 371 g/mol. The molecule has 3 heterocycles. The first-order valence-corrected chi connectivity index (χ1v) is 9.17. The number of hydrogen-bond acceptors (Lipinski definition) is 6. The first kappa shape index (κ1) is 16.1. The molecular formula is C18H15ClN4OS. The van der Waals surface area contributed by atoms with E-state index in [2.05, 4.69) is 32.7 Å². The van der Waals surface area contributed by atoms with Crippen LogP contribution in [0.15, 0.2) is 46.6 Å². The van der Waals surface area contributed by atoms with E-state index in [1.807, 2.05) is 30.3 Å². The average Bonchev–Trinajstić information content (AvgIpc) is 3.27. The van der Waals surface area contributed by atoms with Gasteiger partial charge in [0, 0.05) is 11.6 Å². The van der Waals surface area contributed by atoms with Crippen molar-refractivity contribution in [1.29, 1.82) is 0 Å². The Labute approximate surface area is 153 Å². The molecule has 0 aliphatic carbocycles. The SMILES string of the molecule is CCc1csc2ncnc(NCc3cc(-c4ccccc4Cl)no3)c12. The summed E-state index contributed by atoms with van der Waals surface area (Å²) in [6.45, 7) is 2.62. The number of aromatic nitrogens is 3. The van der Waals surface area contributed by atoms with Gasteiger partial charge in [-0.15, -0.1) is 11.3 Å². The third kappa shape index (κ3) is 3.10. The highest BCUT2D eigenvalue weighted by molar-refractivity contribution is 7.17. The van der Waals surface area contributed by atoms with E-state index in [4.69, 9.17) is 16.1 Å². The number of halogens is 1. The topological polar surface area (TPSA) is 63.8 Å². The summed E-state index contributed by atoms with van der Waals surface area (Å²) in [6, 6.07) is 9.46. The number of nitrogens with one attached hydrogen (secondary N) is 1. The number of nitrogens with zero attached hydrogens (tertiary/aromatic N) is 3. The lowest BCUT2D eigenvalue weighted by atomic mass is 10.1. The summed E-state index contributed by atoms with van der Waals surface area (Å²) in [4.78, 5) is 9.71. The smallest absolute Gasteiger partial charge is 0.156 e. The third-order valence-corrected chi connectivity index (χ3v) is 5.23. The lowest BCUT2D eigenvalue weighted by Gasteiger charge is -2.05. The molecule has 0 saturated carbocycles. The maximum atomic E-state index is 6.21. The lowest BCUT2D eigenvalue weighted by molar-refractivity contribution is 0.390. The minimum Gasteiger partial charge on any atom is -0.362 e. The molecule has 126 valence electrons. The van der Waals surface area contributed by atoms with Crippen LogP contribution in [0.5, 0.6) is 0 Å². The predicted molar refractivity (Wildman–Crippen MR) is 101 cm³/mol. The Morgan fingerprint density at radius 2 is 2.12 bits per heavy atom. The molecule has 1 aromatic carbocycles. The molecule has 0 fully saturated rings. The minimum atomic E-state index is 0.489. The van der Waals surface area contributed by atoms with Gasteiger partial charge in [0.1, 0.15) is 22.7 Å². The molecule has 0 aliphatic rings. The van der Waals surface area contributed by atoms with Crippen LogP contribution in [0.3, 0.4) is 0 Å². The van der Waals surface area contributed by atoms with Crippen molar-refractivity contribution in [2.45, 2.75) is 19.9 Å². The Morgan fingerprint density at radius 3 is 2.96 bits per heavy atom. The van der Waals surface area contributed by atoms with Gasteiger partial charge in [0.15, 0.2) is 5.76 Å². The van der Waals surface area contributed by atoms with Crippen LogP contribution in [-0.4, -0.2) is 15.1 Å². The van der Waals surface area contributed by atoms with E-state index < -0.39 is 0 Å². The molecule has 0 bridgehead atoms. The fraction of sp³-hybridized carbons (Fsp3) is 0.167. The van der Waals surface area contributed by atoms with Crippen molar-refractivity contribution in [3.8, 4) is 11.3 Å². The highest BCUT2D eigenvalue weighted by Gasteiger charge is 2.12. The van der Waals surface area contributed by atoms with Crippen molar-refractivity contribution >= 4 is 39.0 Å². The minimum absolute atomic E-state index is 0.489. The lowest BCUT2D eigenvalue weighted by Crippen LogP contribution is -2.01. The number of fused-ring (bicyclic) bond motifs is 1. The molecule has 3 aromatic heterocycles. The van der Waals surface area contributed by atoms with Gasteiger partial charge in [-0.3, -0.25) is 0 Å². The molecule has 0 radical (unpaired) electrons. The zero-order valence-electron chi connectivity index (χ0n) is 13.5. The van der Waals surface area contributed by atoms with Gasteiger partial charge >= 0.3 is 0 Å². The van der Waals surface area contributed by atoms with Crippen LogP contribution in [0, 0.1) is 0 Å². The van der Waals surface area contributed by atoms with Crippen LogP contribution in [0.1, 0.15) is 18.2 Å². The van der Waals surface area contributed by atoms with E-state index in [-0.39, 0.29) is 0 Å². The van der Waals surface area contributed by atoms with Crippen molar-refractivity contribution in [2.75, 3.05) is 5.32 Å². The number of thiophene rings is 1. The van der Waals surface area contributed by atoms with Crippen LogP contribution in [-0.2, 0) is 13.0 Å². The zero-order chi connectivity index (χ0) is 17.2. The molecule has 0 unspecified atom stereocenters. The molecule has 0 atom stereocenters. The summed E-state index contributed by atoms with van der Waals surface area (Å²) < 4.78 is 5.43. The van der Waals surface area contributed by atoms with Gasteiger partial charge in [0.05, 0.1) is 17.0 Å². The second-order valence-corrected chi connectivity index (χ2v) is 6.79. The standard InChI is InChI=1S/C18H15ClN4OS/c1-2-11-9-25-18-16(11)17(21-10-22-18)20-8-12-7-15(23-24-12)13-5-3-4-6-14(13)19/h3-7,9-10H,2,8H2,1H3,(H,20,21,22). The summed E-state index contributed by atoms with van der Waals surface area (Å²) in [6.07, 6.45) is 2.52. The van der Waals surface area contributed by atoms with E-state index in [1.54, 1.807) is 17.7 Å².